The minimum Gasteiger partial charge on any atom is -0.225 e. The van der Waals surface area contributed by atoms with Crippen LogP contribution in [0.4, 0.5) is 4.39 Å². The summed E-state index contributed by atoms with van der Waals surface area (Å²) >= 11 is 9.05. The van der Waals surface area contributed by atoms with E-state index in [-0.39, 0.29) is 11.1 Å². The quantitative estimate of drug-likeness (QED) is 0.792. The molecule has 0 unspecified atom stereocenters. The molecule has 82 valence electrons. The summed E-state index contributed by atoms with van der Waals surface area (Å²) < 4.78 is 13.5. The molecule has 0 aliphatic rings. The van der Waals surface area contributed by atoms with Gasteiger partial charge in [0, 0.05) is 12.6 Å². The van der Waals surface area contributed by atoms with Crippen molar-refractivity contribution in [3.8, 4) is 0 Å². The third kappa shape index (κ3) is 2.77. The Hall–Kier alpha value is -1.00. The van der Waals surface area contributed by atoms with Gasteiger partial charge in [0.25, 0.3) is 0 Å². The maximum absolute atomic E-state index is 12.7. The van der Waals surface area contributed by atoms with Crippen LogP contribution in [0.3, 0.4) is 0 Å². The number of rotatable bonds is 2. The van der Waals surface area contributed by atoms with Gasteiger partial charge >= 0.3 is 0 Å². The van der Waals surface area contributed by atoms with Crippen molar-refractivity contribution in [1.29, 1.82) is 0 Å². The zero-order chi connectivity index (χ0) is 11.5. The Morgan fingerprint density at radius 1 is 1.25 bits per heavy atom. The van der Waals surface area contributed by atoms with Crippen molar-refractivity contribution in [3.05, 3.63) is 57.3 Å². The highest BCUT2D eigenvalue weighted by Crippen LogP contribution is 2.18. The summed E-state index contributed by atoms with van der Waals surface area (Å²) in [6.45, 7) is 0. The van der Waals surface area contributed by atoms with Gasteiger partial charge in [0.15, 0.2) is 0 Å². The molecule has 0 fully saturated rings. The third-order valence-corrected chi connectivity index (χ3v) is 2.92. The van der Waals surface area contributed by atoms with Gasteiger partial charge in [-0.25, -0.2) is 14.4 Å². The predicted molar refractivity (Wildman–Crippen MR) is 63.9 cm³/mol. The first-order valence-electron chi connectivity index (χ1n) is 4.56. The molecule has 0 aliphatic heterocycles. The van der Waals surface area contributed by atoms with Gasteiger partial charge in [0.05, 0.1) is 10.2 Å². The number of nitrogens with zero attached hydrogens (tertiary/aromatic N) is 2. The predicted octanol–water partition coefficient (Wildman–Crippen LogP) is 3.62. The fraction of sp³-hybridized carbons (Fsp3) is 0.0909. The second kappa shape index (κ2) is 4.89. The van der Waals surface area contributed by atoms with E-state index in [1.807, 2.05) is 0 Å². The fourth-order valence-corrected chi connectivity index (χ4v) is 1.78. The van der Waals surface area contributed by atoms with E-state index >= 15 is 0 Å². The molecule has 1 heterocycles. The van der Waals surface area contributed by atoms with E-state index in [1.165, 1.54) is 12.1 Å². The van der Waals surface area contributed by atoms with Gasteiger partial charge in [-0.05, 0) is 45.2 Å². The van der Waals surface area contributed by atoms with Crippen molar-refractivity contribution in [2.75, 3.05) is 0 Å². The zero-order valence-corrected chi connectivity index (χ0v) is 10.5. The molecule has 2 aromatic rings. The Bertz CT molecular complexity index is 502. The lowest BCUT2D eigenvalue weighted by molar-refractivity contribution is 0.627. The molecule has 5 heteroatoms. The van der Waals surface area contributed by atoms with Crippen LogP contribution in [0.15, 0.2) is 34.9 Å². The van der Waals surface area contributed by atoms with Crippen molar-refractivity contribution in [1.82, 2.24) is 9.97 Å². The van der Waals surface area contributed by atoms with Crippen LogP contribution in [0.2, 0.25) is 5.28 Å². The molecular formula is C11H7BrClFN2. The highest BCUT2D eigenvalue weighted by molar-refractivity contribution is 9.10. The van der Waals surface area contributed by atoms with Crippen molar-refractivity contribution in [2.45, 2.75) is 6.42 Å². The first kappa shape index (κ1) is 11.5. The summed E-state index contributed by atoms with van der Waals surface area (Å²) in [7, 11) is 0. The minimum absolute atomic E-state index is 0.209. The van der Waals surface area contributed by atoms with Crippen molar-refractivity contribution in [2.24, 2.45) is 0 Å². The van der Waals surface area contributed by atoms with Gasteiger partial charge in [-0.2, -0.15) is 0 Å². The molecule has 2 nitrogen and oxygen atoms in total. The first-order valence-corrected chi connectivity index (χ1v) is 5.73. The largest absolute Gasteiger partial charge is 0.225 e. The van der Waals surface area contributed by atoms with E-state index in [0.29, 0.717) is 6.42 Å². The van der Waals surface area contributed by atoms with Crippen LogP contribution >= 0.6 is 27.5 Å². The van der Waals surface area contributed by atoms with Gasteiger partial charge in [-0.3, -0.25) is 0 Å². The highest BCUT2D eigenvalue weighted by Gasteiger charge is 2.05. The minimum atomic E-state index is -0.247. The van der Waals surface area contributed by atoms with E-state index in [1.54, 1.807) is 18.3 Å². The smallest absolute Gasteiger partial charge is 0.222 e. The van der Waals surface area contributed by atoms with E-state index in [0.717, 1.165) is 15.7 Å². The average molecular weight is 302 g/mol. The number of halogens is 3. The van der Waals surface area contributed by atoms with Crippen LogP contribution in [0.25, 0.3) is 0 Å². The topological polar surface area (TPSA) is 25.8 Å². The Labute approximate surface area is 106 Å². The highest BCUT2D eigenvalue weighted by atomic mass is 79.9. The lowest BCUT2D eigenvalue weighted by Crippen LogP contribution is -1.96. The molecule has 0 saturated carbocycles. The normalized spacial score (nSPS) is 10.4. The van der Waals surface area contributed by atoms with E-state index in [2.05, 4.69) is 25.9 Å². The molecule has 16 heavy (non-hydrogen) atoms. The number of hydrogen-bond donors (Lipinski definition) is 0. The second-order valence-electron chi connectivity index (χ2n) is 3.24. The lowest BCUT2D eigenvalue weighted by atomic mass is 10.1. The van der Waals surface area contributed by atoms with Crippen molar-refractivity contribution >= 4 is 27.5 Å². The fourth-order valence-electron chi connectivity index (χ4n) is 1.30. The summed E-state index contributed by atoms with van der Waals surface area (Å²) in [5.74, 6) is -0.247. The van der Waals surface area contributed by atoms with Crippen LogP contribution in [0.5, 0.6) is 0 Å². The molecule has 0 atom stereocenters. The monoisotopic (exact) mass is 300 g/mol. The van der Waals surface area contributed by atoms with Gasteiger partial charge in [0.2, 0.25) is 5.28 Å². The summed E-state index contributed by atoms with van der Waals surface area (Å²) in [5, 5.41) is 0.209. The Morgan fingerprint density at radius 2 is 1.94 bits per heavy atom. The SMILES string of the molecule is Fc1ccc(Cc2nc(Cl)ncc2Br)cc1. The van der Waals surface area contributed by atoms with Gasteiger partial charge < -0.3 is 0 Å². The molecule has 2 rings (SSSR count). The summed E-state index contributed by atoms with van der Waals surface area (Å²) in [4.78, 5) is 7.95. The van der Waals surface area contributed by atoms with Crippen LogP contribution < -0.4 is 0 Å². The number of benzene rings is 1. The molecule has 0 bridgehead atoms. The van der Waals surface area contributed by atoms with E-state index < -0.39 is 0 Å². The Kier molecular flexibility index (Phi) is 3.51. The molecule has 0 aliphatic carbocycles. The van der Waals surface area contributed by atoms with Crippen molar-refractivity contribution in [3.63, 3.8) is 0 Å². The average Bonchev–Trinajstić information content (AvgIpc) is 2.27. The molecule has 1 aromatic carbocycles. The van der Waals surface area contributed by atoms with Crippen LogP contribution in [-0.4, -0.2) is 9.97 Å². The molecule has 0 N–H and O–H groups in total. The Morgan fingerprint density at radius 3 is 2.62 bits per heavy atom. The van der Waals surface area contributed by atoms with E-state index in [4.69, 9.17) is 11.6 Å². The molecule has 0 spiro atoms. The van der Waals surface area contributed by atoms with Crippen LogP contribution in [-0.2, 0) is 6.42 Å². The molecule has 0 saturated heterocycles. The van der Waals surface area contributed by atoms with Gasteiger partial charge in [0.1, 0.15) is 5.82 Å². The lowest BCUT2D eigenvalue weighted by Gasteiger charge is -2.03. The number of hydrogen-bond acceptors (Lipinski definition) is 2. The third-order valence-electron chi connectivity index (χ3n) is 2.07. The molecule has 0 amide bonds. The molecule has 1 aromatic heterocycles. The van der Waals surface area contributed by atoms with Crippen LogP contribution in [0, 0.1) is 5.82 Å². The first-order chi connectivity index (χ1) is 7.65. The number of aromatic nitrogens is 2. The van der Waals surface area contributed by atoms with Crippen molar-refractivity contribution < 1.29 is 4.39 Å². The summed E-state index contributed by atoms with van der Waals surface area (Å²) in [6, 6.07) is 6.29. The standard InChI is InChI=1S/C11H7BrClFN2/c12-9-6-15-11(13)16-10(9)5-7-1-3-8(14)4-2-7/h1-4,6H,5H2. The zero-order valence-electron chi connectivity index (χ0n) is 8.12. The maximum Gasteiger partial charge on any atom is 0.222 e. The Balaban J connectivity index is 2.26. The van der Waals surface area contributed by atoms with Gasteiger partial charge in [-0.15, -0.1) is 0 Å². The molecular weight excluding hydrogens is 294 g/mol. The van der Waals surface area contributed by atoms with Crippen LogP contribution in [0.1, 0.15) is 11.3 Å². The second-order valence-corrected chi connectivity index (χ2v) is 4.43. The summed E-state index contributed by atoms with van der Waals surface area (Å²) in [5.41, 5.74) is 1.75. The van der Waals surface area contributed by atoms with E-state index in [9.17, 15) is 4.39 Å². The van der Waals surface area contributed by atoms with Gasteiger partial charge in [-0.1, -0.05) is 12.1 Å². The summed E-state index contributed by atoms with van der Waals surface area (Å²) in [6.07, 6.45) is 2.19. The molecule has 0 radical (unpaired) electrons. The maximum atomic E-state index is 12.7.